The van der Waals surface area contributed by atoms with Gasteiger partial charge in [0.2, 0.25) is 0 Å². The molecule has 21 heavy (non-hydrogen) atoms. The van der Waals surface area contributed by atoms with Crippen LogP contribution in [0.5, 0.6) is 5.75 Å². The van der Waals surface area contributed by atoms with Gasteiger partial charge < -0.3 is 10.4 Å². The van der Waals surface area contributed by atoms with Gasteiger partial charge in [-0.1, -0.05) is 36.6 Å². The van der Waals surface area contributed by atoms with Crippen molar-refractivity contribution in [2.75, 3.05) is 0 Å². The summed E-state index contributed by atoms with van der Waals surface area (Å²) in [6.45, 7) is 2.79. The summed E-state index contributed by atoms with van der Waals surface area (Å²) >= 11 is 1.84. The molecule has 0 bridgehead atoms. The van der Waals surface area contributed by atoms with Crippen molar-refractivity contribution in [1.82, 2.24) is 5.32 Å². The van der Waals surface area contributed by atoms with E-state index < -0.39 is 0 Å². The van der Waals surface area contributed by atoms with Crippen LogP contribution in [0.3, 0.4) is 0 Å². The summed E-state index contributed by atoms with van der Waals surface area (Å²) in [6.07, 6.45) is 5.33. The van der Waals surface area contributed by atoms with Gasteiger partial charge in [0, 0.05) is 23.0 Å². The normalized spacial score (nSPS) is 17.2. The van der Waals surface area contributed by atoms with Gasteiger partial charge in [-0.2, -0.15) is 0 Å². The lowest BCUT2D eigenvalue weighted by Gasteiger charge is -2.24. The van der Waals surface area contributed by atoms with Crippen LogP contribution < -0.4 is 5.32 Å². The predicted octanol–water partition coefficient (Wildman–Crippen LogP) is 4.78. The Morgan fingerprint density at radius 1 is 1.29 bits per heavy atom. The van der Waals surface area contributed by atoms with Crippen molar-refractivity contribution in [1.29, 1.82) is 0 Å². The van der Waals surface area contributed by atoms with Crippen LogP contribution in [0.4, 0.5) is 0 Å². The maximum Gasteiger partial charge on any atom is 0.120 e. The molecule has 1 aromatic heterocycles. The molecular weight excluding hydrogens is 278 g/mol. The van der Waals surface area contributed by atoms with Gasteiger partial charge in [-0.25, -0.2) is 0 Å². The van der Waals surface area contributed by atoms with E-state index in [-0.39, 0.29) is 0 Å². The average Bonchev–Trinajstić information content (AvgIpc) is 3.16. The van der Waals surface area contributed by atoms with Crippen LogP contribution in [0, 0.1) is 12.8 Å². The van der Waals surface area contributed by atoms with Crippen molar-refractivity contribution in [3.8, 4) is 5.75 Å². The second kappa shape index (κ2) is 6.63. The molecule has 1 unspecified atom stereocenters. The smallest absolute Gasteiger partial charge is 0.120 e. The fraction of sp³-hybridized carbons (Fsp3) is 0.444. The minimum absolute atomic E-state index is 0.393. The van der Waals surface area contributed by atoms with E-state index in [0.29, 0.717) is 11.8 Å². The van der Waals surface area contributed by atoms with Gasteiger partial charge in [-0.3, -0.25) is 0 Å². The average molecular weight is 301 g/mol. The van der Waals surface area contributed by atoms with Crippen LogP contribution in [0.1, 0.15) is 47.7 Å². The van der Waals surface area contributed by atoms with Crippen molar-refractivity contribution in [3.05, 3.63) is 51.7 Å². The molecule has 0 saturated heterocycles. The zero-order chi connectivity index (χ0) is 14.7. The maximum atomic E-state index is 10.0. The quantitative estimate of drug-likeness (QED) is 0.832. The molecule has 1 saturated carbocycles. The highest BCUT2D eigenvalue weighted by Crippen LogP contribution is 2.37. The highest BCUT2D eigenvalue weighted by atomic mass is 32.1. The Hall–Kier alpha value is -1.32. The standard InChI is InChI=1S/C18H23NOS/c1-13-8-9-16(20)15(11-13)12-19-18(14-5-2-3-6-14)17-7-4-10-21-17/h4,7-11,14,18-20H,2-3,5-6,12H2,1H3. The van der Waals surface area contributed by atoms with E-state index in [9.17, 15) is 5.11 Å². The molecule has 1 heterocycles. The summed E-state index contributed by atoms with van der Waals surface area (Å²) < 4.78 is 0. The zero-order valence-electron chi connectivity index (χ0n) is 12.5. The third-order valence-corrected chi connectivity index (χ3v) is 5.42. The second-order valence-electron chi connectivity index (χ2n) is 6.05. The molecule has 1 aromatic carbocycles. The van der Waals surface area contributed by atoms with Crippen LogP contribution >= 0.6 is 11.3 Å². The summed E-state index contributed by atoms with van der Waals surface area (Å²) in [6, 6.07) is 10.6. The van der Waals surface area contributed by atoms with E-state index in [1.54, 1.807) is 6.07 Å². The Labute approximate surface area is 130 Å². The van der Waals surface area contributed by atoms with Crippen molar-refractivity contribution in [3.63, 3.8) is 0 Å². The number of phenols is 1. The molecule has 2 nitrogen and oxygen atoms in total. The molecule has 3 heteroatoms. The number of hydrogen-bond acceptors (Lipinski definition) is 3. The van der Waals surface area contributed by atoms with Crippen molar-refractivity contribution >= 4 is 11.3 Å². The molecule has 0 amide bonds. The fourth-order valence-corrected chi connectivity index (χ4v) is 4.23. The number of aryl methyl sites for hydroxylation is 1. The first-order valence-corrected chi connectivity index (χ1v) is 8.67. The monoisotopic (exact) mass is 301 g/mol. The van der Waals surface area contributed by atoms with E-state index in [0.717, 1.165) is 18.0 Å². The van der Waals surface area contributed by atoms with Crippen LogP contribution in [0.15, 0.2) is 35.7 Å². The Balaban J connectivity index is 1.74. The van der Waals surface area contributed by atoms with Crippen molar-refractivity contribution in [2.24, 2.45) is 5.92 Å². The van der Waals surface area contributed by atoms with E-state index >= 15 is 0 Å². The summed E-state index contributed by atoms with van der Waals surface area (Å²) in [4.78, 5) is 1.43. The first-order valence-electron chi connectivity index (χ1n) is 7.79. The molecule has 112 valence electrons. The summed E-state index contributed by atoms with van der Waals surface area (Å²) in [5, 5.41) is 15.9. The van der Waals surface area contributed by atoms with Gasteiger partial charge in [-0.15, -0.1) is 11.3 Å². The van der Waals surface area contributed by atoms with E-state index in [2.05, 4.69) is 35.8 Å². The van der Waals surface area contributed by atoms with Gasteiger partial charge in [0.25, 0.3) is 0 Å². The third-order valence-electron chi connectivity index (χ3n) is 4.47. The largest absolute Gasteiger partial charge is 0.508 e. The molecule has 0 spiro atoms. The van der Waals surface area contributed by atoms with Gasteiger partial charge in [0.05, 0.1) is 0 Å². The minimum atomic E-state index is 0.393. The Bertz CT molecular complexity index is 573. The Kier molecular flexibility index (Phi) is 4.61. The molecular formula is C18H23NOS. The molecule has 2 aromatic rings. The van der Waals surface area contributed by atoms with Crippen LogP contribution in [0.2, 0.25) is 0 Å². The first kappa shape index (κ1) is 14.6. The number of aromatic hydroxyl groups is 1. The van der Waals surface area contributed by atoms with Crippen molar-refractivity contribution in [2.45, 2.75) is 45.2 Å². The lowest BCUT2D eigenvalue weighted by atomic mass is 9.96. The second-order valence-corrected chi connectivity index (χ2v) is 7.03. The lowest BCUT2D eigenvalue weighted by molar-refractivity contribution is 0.367. The SMILES string of the molecule is Cc1ccc(O)c(CNC(c2cccs2)C2CCCC2)c1. The number of phenolic OH excluding ortho intramolecular Hbond substituents is 1. The Morgan fingerprint density at radius 3 is 2.81 bits per heavy atom. The predicted molar refractivity (Wildman–Crippen MR) is 88.7 cm³/mol. The van der Waals surface area contributed by atoms with Crippen molar-refractivity contribution < 1.29 is 5.11 Å². The molecule has 0 aliphatic heterocycles. The van der Waals surface area contributed by atoms with E-state index in [1.807, 2.05) is 17.4 Å². The van der Waals surface area contributed by atoms with Gasteiger partial charge in [0.1, 0.15) is 5.75 Å². The van der Waals surface area contributed by atoms with Gasteiger partial charge >= 0.3 is 0 Å². The van der Waals surface area contributed by atoms with Gasteiger partial charge in [-0.05, 0) is 43.2 Å². The first-order chi connectivity index (χ1) is 10.2. The molecule has 1 atom stereocenters. The number of nitrogens with one attached hydrogen (secondary N) is 1. The molecule has 0 radical (unpaired) electrons. The molecule has 2 N–H and O–H groups in total. The lowest BCUT2D eigenvalue weighted by Crippen LogP contribution is -2.26. The summed E-state index contributed by atoms with van der Waals surface area (Å²) in [5.74, 6) is 1.13. The van der Waals surface area contributed by atoms with E-state index in [4.69, 9.17) is 0 Å². The zero-order valence-corrected chi connectivity index (χ0v) is 13.3. The van der Waals surface area contributed by atoms with Crippen LogP contribution in [-0.2, 0) is 6.54 Å². The highest BCUT2D eigenvalue weighted by Gasteiger charge is 2.26. The van der Waals surface area contributed by atoms with E-state index in [1.165, 1.54) is 36.1 Å². The Morgan fingerprint density at radius 2 is 2.10 bits per heavy atom. The number of benzene rings is 1. The summed E-state index contributed by atoms with van der Waals surface area (Å²) in [7, 11) is 0. The van der Waals surface area contributed by atoms with Crippen LogP contribution in [0.25, 0.3) is 0 Å². The number of thiophene rings is 1. The summed E-state index contributed by atoms with van der Waals surface area (Å²) in [5.41, 5.74) is 2.19. The number of rotatable bonds is 5. The van der Waals surface area contributed by atoms with Crippen LogP contribution in [-0.4, -0.2) is 5.11 Å². The maximum absolute atomic E-state index is 10.0. The minimum Gasteiger partial charge on any atom is -0.508 e. The molecule has 3 rings (SSSR count). The molecule has 1 fully saturated rings. The topological polar surface area (TPSA) is 32.3 Å². The molecule has 1 aliphatic rings. The molecule has 1 aliphatic carbocycles. The third kappa shape index (κ3) is 3.47. The number of hydrogen-bond donors (Lipinski definition) is 2. The fourth-order valence-electron chi connectivity index (χ4n) is 3.33. The van der Waals surface area contributed by atoms with Gasteiger partial charge in [0.15, 0.2) is 0 Å². The highest BCUT2D eigenvalue weighted by molar-refractivity contribution is 7.10.